The van der Waals surface area contributed by atoms with Crippen LogP contribution in [0.25, 0.3) is 5.57 Å². The Morgan fingerprint density at radius 1 is 1.29 bits per heavy atom. The van der Waals surface area contributed by atoms with Crippen molar-refractivity contribution >= 4 is 40.4 Å². The number of fused-ring (bicyclic) bond motifs is 1. The minimum absolute atomic E-state index is 0.432. The second-order valence-electron chi connectivity index (χ2n) is 5.17. The molecule has 3 nitrogen and oxygen atoms in total. The van der Waals surface area contributed by atoms with Gasteiger partial charge in [-0.1, -0.05) is 46.9 Å². The van der Waals surface area contributed by atoms with Crippen LogP contribution in [0.2, 0.25) is 10.0 Å². The monoisotopic (exact) mass is 338 g/mol. The molecule has 2 heterocycles. The van der Waals surface area contributed by atoms with Crippen molar-refractivity contribution in [2.45, 2.75) is 0 Å². The predicted octanol–water partition coefficient (Wildman–Crippen LogP) is 4.51. The first-order valence-electron chi connectivity index (χ1n) is 6.24. The van der Waals surface area contributed by atoms with E-state index in [1.54, 1.807) is 18.3 Å². The largest absolute Gasteiger partial charge is 0.246 e. The molecule has 0 N–H and O–H groups in total. The molecule has 1 unspecified atom stereocenters. The standard InChI is InChI=1S/C15H11Cl3N3/c1-21-7-10(12-3-2-4-13(17)15(12)18)6-20(9-19)14(21)5-11(16)8-21/h2-6,8H,7H2,1H3/q+1. The number of nitriles is 1. The molecule has 0 radical (unpaired) electrons. The third kappa shape index (κ3) is 2.35. The van der Waals surface area contributed by atoms with Crippen LogP contribution in [0.3, 0.4) is 0 Å². The zero-order valence-corrected chi connectivity index (χ0v) is 13.4. The number of hydrogen-bond acceptors (Lipinski definition) is 2. The van der Waals surface area contributed by atoms with Gasteiger partial charge in [-0.2, -0.15) is 5.26 Å². The zero-order chi connectivity index (χ0) is 15.2. The molecular formula is C15H11Cl3N3+. The Morgan fingerprint density at radius 3 is 2.76 bits per heavy atom. The molecule has 1 atom stereocenters. The van der Waals surface area contributed by atoms with Gasteiger partial charge < -0.3 is 0 Å². The van der Waals surface area contributed by atoms with Crippen molar-refractivity contribution in [2.75, 3.05) is 13.6 Å². The number of hydrogen-bond donors (Lipinski definition) is 0. The van der Waals surface area contributed by atoms with Gasteiger partial charge in [-0.25, -0.2) is 9.38 Å². The van der Waals surface area contributed by atoms with Crippen molar-refractivity contribution in [3.63, 3.8) is 0 Å². The number of allylic oxidation sites excluding steroid dienone is 2. The van der Waals surface area contributed by atoms with Gasteiger partial charge in [-0.05, 0) is 6.07 Å². The van der Waals surface area contributed by atoms with Crippen molar-refractivity contribution < 1.29 is 4.48 Å². The average molecular weight is 340 g/mol. The summed E-state index contributed by atoms with van der Waals surface area (Å²) in [6, 6.07) is 5.49. The molecular weight excluding hydrogens is 329 g/mol. The van der Waals surface area contributed by atoms with E-state index in [-0.39, 0.29) is 0 Å². The van der Waals surface area contributed by atoms with E-state index in [4.69, 9.17) is 34.8 Å². The van der Waals surface area contributed by atoms with Gasteiger partial charge >= 0.3 is 0 Å². The molecule has 2 aliphatic rings. The van der Waals surface area contributed by atoms with Crippen LogP contribution < -0.4 is 0 Å². The van der Waals surface area contributed by atoms with Gasteiger partial charge in [0.2, 0.25) is 5.82 Å². The van der Waals surface area contributed by atoms with Gasteiger partial charge in [-0.3, -0.25) is 0 Å². The second kappa shape index (κ2) is 5.08. The lowest BCUT2D eigenvalue weighted by molar-refractivity contribution is -0.819. The van der Waals surface area contributed by atoms with Crippen molar-refractivity contribution in [1.29, 1.82) is 5.26 Å². The van der Waals surface area contributed by atoms with Crippen molar-refractivity contribution in [3.8, 4) is 6.19 Å². The summed E-state index contributed by atoms with van der Waals surface area (Å²) < 4.78 is 0.432. The van der Waals surface area contributed by atoms with E-state index in [9.17, 15) is 5.26 Å². The Morgan fingerprint density at radius 2 is 2.05 bits per heavy atom. The number of quaternary nitrogens is 1. The fraction of sp³-hybridized carbons (Fsp3) is 0.133. The van der Waals surface area contributed by atoms with Gasteiger partial charge in [0.1, 0.15) is 17.8 Å². The fourth-order valence-electron chi connectivity index (χ4n) is 2.69. The highest BCUT2D eigenvalue weighted by Gasteiger charge is 2.40. The van der Waals surface area contributed by atoms with E-state index in [0.717, 1.165) is 17.0 Å². The molecule has 21 heavy (non-hydrogen) atoms. The Balaban J connectivity index is 2.12. The summed E-state index contributed by atoms with van der Waals surface area (Å²) in [6.45, 7) is 0.653. The van der Waals surface area contributed by atoms with Crippen LogP contribution in [0.15, 0.2) is 47.5 Å². The molecule has 1 aromatic carbocycles. The lowest BCUT2D eigenvalue weighted by atomic mass is 10.0. The van der Waals surface area contributed by atoms with E-state index in [1.807, 2.05) is 25.4 Å². The highest BCUT2D eigenvalue weighted by atomic mass is 35.5. The molecule has 0 amide bonds. The summed E-state index contributed by atoms with van der Waals surface area (Å²) in [6.07, 6.45) is 7.66. The Labute approximate surface area is 138 Å². The van der Waals surface area contributed by atoms with Crippen molar-refractivity contribution in [2.24, 2.45) is 0 Å². The van der Waals surface area contributed by atoms with Crippen LogP contribution in [0, 0.1) is 11.5 Å². The lowest BCUT2D eigenvalue weighted by Gasteiger charge is -2.36. The van der Waals surface area contributed by atoms with Crippen LogP contribution in [0.4, 0.5) is 0 Å². The van der Waals surface area contributed by atoms with E-state index >= 15 is 0 Å². The molecule has 0 spiro atoms. The summed E-state index contributed by atoms with van der Waals surface area (Å²) in [5.41, 5.74) is 1.77. The minimum atomic E-state index is 0.432. The van der Waals surface area contributed by atoms with Crippen LogP contribution in [-0.2, 0) is 0 Å². The molecule has 0 saturated heterocycles. The Hall–Kier alpha value is -1.44. The van der Waals surface area contributed by atoms with Gasteiger partial charge in [0.05, 0.1) is 17.1 Å². The minimum Gasteiger partial charge on any atom is -0.246 e. The molecule has 1 aromatic rings. The molecule has 0 bridgehead atoms. The Kier molecular flexibility index (Phi) is 3.51. The topological polar surface area (TPSA) is 27.0 Å². The average Bonchev–Trinajstić information content (AvgIpc) is 2.74. The van der Waals surface area contributed by atoms with Gasteiger partial charge in [0, 0.05) is 23.4 Å². The van der Waals surface area contributed by atoms with E-state index in [0.29, 0.717) is 26.1 Å². The number of nitrogens with zero attached hydrogens (tertiary/aromatic N) is 3. The third-order valence-corrected chi connectivity index (χ3v) is 4.66. The number of rotatable bonds is 1. The van der Waals surface area contributed by atoms with E-state index in [2.05, 4.69) is 6.19 Å². The molecule has 6 heteroatoms. The summed E-state index contributed by atoms with van der Waals surface area (Å²) in [7, 11) is 2.00. The van der Waals surface area contributed by atoms with E-state index < -0.39 is 0 Å². The van der Waals surface area contributed by atoms with Gasteiger partial charge in [-0.15, -0.1) is 0 Å². The van der Waals surface area contributed by atoms with Crippen LogP contribution in [0.1, 0.15) is 5.56 Å². The van der Waals surface area contributed by atoms with Crippen LogP contribution >= 0.6 is 34.8 Å². The molecule has 3 rings (SSSR count). The molecule has 0 saturated carbocycles. The van der Waals surface area contributed by atoms with Gasteiger partial charge in [0.25, 0.3) is 0 Å². The number of halogens is 3. The third-order valence-electron chi connectivity index (χ3n) is 3.63. The molecule has 0 aromatic heterocycles. The maximum atomic E-state index is 9.38. The SMILES string of the molecule is C[N+]12C=C(Cl)C=C1N(C#N)C=C(c1cccc(Cl)c1Cl)C2. The summed E-state index contributed by atoms with van der Waals surface area (Å²) in [5.74, 6) is 0.824. The summed E-state index contributed by atoms with van der Waals surface area (Å²) in [5, 5.41) is 11.0. The van der Waals surface area contributed by atoms with Crippen LogP contribution in [0.5, 0.6) is 0 Å². The first-order valence-corrected chi connectivity index (χ1v) is 7.38. The maximum Gasteiger partial charge on any atom is 0.227 e. The fourth-order valence-corrected chi connectivity index (χ4v) is 3.43. The maximum absolute atomic E-state index is 9.38. The lowest BCUT2D eigenvalue weighted by Crippen LogP contribution is -2.45. The van der Waals surface area contributed by atoms with Gasteiger partial charge in [0.15, 0.2) is 6.19 Å². The normalized spacial score (nSPS) is 24.0. The molecule has 106 valence electrons. The quantitative estimate of drug-likeness (QED) is 0.556. The summed E-state index contributed by atoms with van der Waals surface area (Å²) >= 11 is 18.5. The predicted molar refractivity (Wildman–Crippen MR) is 85.0 cm³/mol. The first kappa shape index (κ1) is 14.5. The molecule has 0 aliphatic carbocycles. The van der Waals surface area contributed by atoms with E-state index in [1.165, 1.54) is 4.90 Å². The number of benzene rings is 1. The number of likely N-dealkylation sites (N-methyl/N-ethyl adjacent to an activating group) is 1. The molecule has 2 aliphatic heterocycles. The zero-order valence-electron chi connectivity index (χ0n) is 11.1. The second-order valence-corrected chi connectivity index (χ2v) is 6.39. The van der Waals surface area contributed by atoms with Crippen molar-refractivity contribution in [1.82, 2.24) is 4.90 Å². The highest BCUT2D eigenvalue weighted by molar-refractivity contribution is 6.43. The first-order chi connectivity index (χ1) is 9.94. The summed E-state index contributed by atoms with van der Waals surface area (Å²) in [4.78, 5) is 1.52. The smallest absolute Gasteiger partial charge is 0.227 e. The Bertz CT molecular complexity index is 758. The van der Waals surface area contributed by atoms with Crippen molar-refractivity contribution in [3.05, 3.63) is 63.1 Å². The molecule has 0 fully saturated rings. The van der Waals surface area contributed by atoms with Crippen LogP contribution in [-0.4, -0.2) is 23.0 Å². The highest BCUT2D eigenvalue weighted by Crippen LogP contribution is 2.40.